The number of rotatable bonds is 4. The van der Waals surface area contributed by atoms with E-state index in [-0.39, 0.29) is 5.91 Å². The molecule has 0 aliphatic carbocycles. The van der Waals surface area contributed by atoms with Gasteiger partial charge in [-0.1, -0.05) is 12.1 Å². The summed E-state index contributed by atoms with van der Waals surface area (Å²) in [5.41, 5.74) is 2.14. The fraction of sp³-hybridized carbons (Fsp3) is 0.273. The van der Waals surface area contributed by atoms with E-state index in [1.807, 2.05) is 18.2 Å². The van der Waals surface area contributed by atoms with Crippen molar-refractivity contribution in [3.8, 4) is 0 Å². The smallest absolute Gasteiger partial charge is 0.233 e. The predicted molar refractivity (Wildman–Crippen MR) is 61.9 cm³/mol. The molecular weight excluding hydrogens is 204 g/mol. The Labute approximate surface area is 93.2 Å². The minimum absolute atomic E-state index is 0.0115. The zero-order chi connectivity index (χ0) is 11.4. The Kier molecular flexibility index (Phi) is 3.16. The number of hydrogen-bond acceptors (Lipinski definition) is 3. The van der Waals surface area contributed by atoms with Crippen molar-refractivity contribution in [2.45, 2.75) is 6.54 Å². The van der Waals surface area contributed by atoms with Gasteiger partial charge in [-0.05, 0) is 11.6 Å². The molecule has 0 radical (unpaired) electrons. The van der Waals surface area contributed by atoms with Crippen LogP contribution in [0.5, 0.6) is 0 Å². The van der Waals surface area contributed by atoms with Crippen molar-refractivity contribution in [3.05, 3.63) is 30.0 Å². The van der Waals surface area contributed by atoms with E-state index in [1.165, 1.54) is 0 Å². The molecule has 1 amide bonds. The summed E-state index contributed by atoms with van der Waals surface area (Å²) in [5, 5.41) is 13.6. The highest BCUT2D eigenvalue weighted by molar-refractivity contribution is 5.78. The average molecular weight is 218 g/mol. The van der Waals surface area contributed by atoms with Gasteiger partial charge < -0.3 is 10.6 Å². The molecule has 0 saturated carbocycles. The molecule has 5 nitrogen and oxygen atoms in total. The van der Waals surface area contributed by atoms with Gasteiger partial charge in [0.05, 0.1) is 18.3 Å². The molecule has 1 aromatic heterocycles. The normalized spacial score (nSPS) is 10.6. The summed E-state index contributed by atoms with van der Waals surface area (Å²) in [6.07, 6.45) is 1.79. The van der Waals surface area contributed by atoms with Crippen LogP contribution in [0.1, 0.15) is 5.56 Å². The molecule has 3 N–H and O–H groups in total. The van der Waals surface area contributed by atoms with Crippen LogP contribution >= 0.6 is 0 Å². The quantitative estimate of drug-likeness (QED) is 0.695. The average Bonchev–Trinajstić information content (AvgIpc) is 2.76. The number of benzene rings is 1. The summed E-state index contributed by atoms with van der Waals surface area (Å²) >= 11 is 0. The van der Waals surface area contributed by atoms with E-state index in [0.717, 1.165) is 16.5 Å². The van der Waals surface area contributed by atoms with Crippen LogP contribution in [-0.4, -0.2) is 29.7 Å². The zero-order valence-electron chi connectivity index (χ0n) is 9.08. The maximum Gasteiger partial charge on any atom is 0.233 e. The number of hydrogen-bond donors (Lipinski definition) is 3. The second-order valence-corrected chi connectivity index (χ2v) is 3.57. The number of H-pyrrole nitrogens is 1. The van der Waals surface area contributed by atoms with E-state index in [2.05, 4.69) is 20.8 Å². The Bertz CT molecular complexity index is 491. The molecule has 0 aliphatic rings. The number of carbonyl (C=O) groups is 1. The van der Waals surface area contributed by atoms with Gasteiger partial charge in [0.1, 0.15) is 0 Å². The van der Waals surface area contributed by atoms with Gasteiger partial charge in [0, 0.05) is 19.0 Å². The molecule has 5 heteroatoms. The molecule has 0 aliphatic heterocycles. The van der Waals surface area contributed by atoms with Gasteiger partial charge in [-0.25, -0.2) is 0 Å². The molecule has 0 saturated heterocycles. The molecule has 0 unspecified atom stereocenters. The maximum atomic E-state index is 11.0. The standard InChI is InChI=1S/C11H14N4O/c1-12-11(16)7-13-5-8-2-3-9-6-14-15-10(9)4-8/h2-4,6,13H,5,7H2,1H3,(H,12,16)(H,14,15). The van der Waals surface area contributed by atoms with Crippen molar-refractivity contribution in [2.75, 3.05) is 13.6 Å². The van der Waals surface area contributed by atoms with Crippen LogP contribution in [-0.2, 0) is 11.3 Å². The molecule has 0 bridgehead atoms. The SMILES string of the molecule is CNC(=O)CNCc1ccc2cn[nH]c2c1. The highest BCUT2D eigenvalue weighted by Crippen LogP contribution is 2.12. The fourth-order valence-electron chi connectivity index (χ4n) is 1.50. The fourth-order valence-corrected chi connectivity index (χ4v) is 1.50. The van der Waals surface area contributed by atoms with Gasteiger partial charge in [-0.3, -0.25) is 9.89 Å². The summed E-state index contributed by atoms with van der Waals surface area (Å²) in [5.74, 6) is -0.0115. The molecule has 2 aromatic rings. The first-order valence-corrected chi connectivity index (χ1v) is 5.13. The van der Waals surface area contributed by atoms with E-state index < -0.39 is 0 Å². The lowest BCUT2D eigenvalue weighted by atomic mass is 10.1. The highest BCUT2D eigenvalue weighted by Gasteiger charge is 1.99. The molecule has 2 rings (SSSR count). The number of amides is 1. The first-order valence-electron chi connectivity index (χ1n) is 5.13. The van der Waals surface area contributed by atoms with Crippen molar-refractivity contribution in [1.29, 1.82) is 0 Å². The summed E-state index contributed by atoms with van der Waals surface area (Å²) in [6, 6.07) is 6.06. The molecule has 0 fully saturated rings. The van der Waals surface area contributed by atoms with Crippen LogP contribution in [0.2, 0.25) is 0 Å². The third-order valence-electron chi connectivity index (χ3n) is 2.40. The lowest BCUT2D eigenvalue weighted by Crippen LogP contribution is -2.30. The molecule has 0 atom stereocenters. The van der Waals surface area contributed by atoms with E-state index in [4.69, 9.17) is 0 Å². The maximum absolute atomic E-state index is 11.0. The van der Waals surface area contributed by atoms with E-state index in [9.17, 15) is 4.79 Å². The van der Waals surface area contributed by atoms with Gasteiger partial charge in [-0.15, -0.1) is 0 Å². The van der Waals surface area contributed by atoms with Crippen LogP contribution in [0.25, 0.3) is 10.9 Å². The Balaban J connectivity index is 1.96. The van der Waals surface area contributed by atoms with E-state index in [0.29, 0.717) is 13.1 Å². The molecule has 1 aromatic carbocycles. The van der Waals surface area contributed by atoms with Crippen LogP contribution in [0.3, 0.4) is 0 Å². The van der Waals surface area contributed by atoms with Gasteiger partial charge >= 0.3 is 0 Å². The summed E-state index contributed by atoms with van der Waals surface area (Å²) < 4.78 is 0. The Hall–Kier alpha value is -1.88. The summed E-state index contributed by atoms with van der Waals surface area (Å²) in [7, 11) is 1.63. The van der Waals surface area contributed by atoms with Crippen LogP contribution in [0.4, 0.5) is 0 Å². The number of aromatic nitrogens is 2. The monoisotopic (exact) mass is 218 g/mol. The number of nitrogens with zero attached hydrogens (tertiary/aromatic N) is 1. The number of fused-ring (bicyclic) bond motifs is 1. The third-order valence-corrected chi connectivity index (χ3v) is 2.40. The summed E-state index contributed by atoms with van der Waals surface area (Å²) in [4.78, 5) is 11.0. The van der Waals surface area contributed by atoms with Crippen molar-refractivity contribution in [2.24, 2.45) is 0 Å². The van der Waals surface area contributed by atoms with Gasteiger partial charge in [0.25, 0.3) is 0 Å². The molecular formula is C11H14N4O. The lowest BCUT2D eigenvalue weighted by molar-refractivity contribution is -0.119. The molecule has 16 heavy (non-hydrogen) atoms. The number of aromatic amines is 1. The van der Waals surface area contributed by atoms with Crippen LogP contribution < -0.4 is 10.6 Å². The number of nitrogens with one attached hydrogen (secondary N) is 3. The number of carbonyl (C=O) groups excluding carboxylic acids is 1. The first kappa shape index (κ1) is 10.6. The largest absolute Gasteiger partial charge is 0.358 e. The Morgan fingerprint density at radius 3 is 3.19 bits per heavy atom. The van der Waals surface area contributed by atoms with E-state index >= 15 is 0 Å². The molecule has 1 heterocycles. The third kappa shape index (κ3) is 2.38. The second-order valence-electron chi connectivity index (χ2n) is 3.57. The second kappa shape index (κ2) is 4.76. The zero-order valence-corrected chi connectivity index (χ0v) is 9.08. The van der Waals surface area contributed by atoms with Crippen molar-refractivity contribution < 1.29 is 4.79 Å². The minimum Gasteiger partial charge on any atom is -0.358 e. The Morgan fingerprint density at radius 1 is 1.50 bits per heavy atom. The molecule has 84 valence electrons. The van der Waals surface area contributed by atoms with Crippen molar-refractivity contribution in [1.82, 2.24) is 20.8 Å². The van der Waals surface area contributed by atoms with Gasteiger partial charge in [0.15, 0.2) is 0 Å². The highest BCUT2D eigenvalue weighted by atomic mass is 16.1. The van der Waals surface area contributed by atoms with Crippen molar-refractivity contribution in [3.63, 3.8) is 0 Å². The van der Waals surface area contributed by atoms with Crippen LogP contribution in [0, 0.1) is 0 Å². The lowest BCUT2D eigenvalue weighted by Gasteiger charge is -2.03. The van der Waals surface area contributed by atoms with E-state index in [1.54, 1.807) is 13.2 Å². The molecule has 0 spiro atoms. The summed E-state index contributed by atoms with van der Waals surface area (Å²) in [6.45, 7) is 1.000. The van der Waals surface area contributed by atoms with Crippen molar-refractivity contribution >= 4 is 16.8 Å². The first-order chi connectivity index (χ1) is 7.79. The minimum atomic E-state index is -0.0115. The topological polar surface area (TPSA) is 69.8 Å². The predicted octanol–water partition coefficient (Wildman–Crippen LogP) is 0.398. The Morgan fingerprint density at radius 2 is 2.38 bits per heavy atom. The number of likely N-dealkylation sites (N-methyl/N-ethyl adjacent to an activating group) is 1. The van der Waals surface area contributed by atoms with Crippen LogP contribution in [0.15, 0.2) is 24.4 Å². The van der Waals surface area contributed by atoms with Gasteiger partial charge in [-0.2, -0.15) is 5.10 Å². The van der Waals surface area contributed by atoms with Gasteiger partial charge in [0.2, 0.25) is 5.91 Å².